The first kappa shape index (κ1) is 19.1. The van der Waals surface area contributed by atoms with Crippen molar-refractivity contribution in [2.45, 2.75) is 6.92 Å². The number of nitrogens with two attached hydrogens (primary N) is 1. The fourth-order valence-corrected chi connectivity index (χ4v) is 4.53. The van der Waals surface area contributed by atoms with E-state index in [-0.39, 0.29) is 0 Å². The minimum Gasteiger partial charge on any atom is -0.399 e. The van der Waals surface area contributed by atoms with Crippen LogP contribution in [-0.2, 0) is 0 Å². The summed E-state index contributed by atoms with van der Waals surface area (Å²) >= 11 is 1.71. The summed E-state index contributed by atoms with van der Waals surface area (Å²) in [4.78, 5) is 9.12. The van der Waals surface area contributed by atoms with Crippen molar-refractivity contribution in [1.29, 1.82) is 0 Å². The maximum atomic E-state index is 5.97. The van der Waals surface area contributed by atoms with E-state index < -0.39 is 0 Å². The lowest BCUT2D eigenvalue weighted by Gasteiger charge is -2.04. The molecule has 0 spiro atoms. The van der Waals surface area contributed by atoms with Crippen molar-refractivity contribution < 1.29 is 0 Å². The molecule has 4 aromatic heterocycles. The summed E-state index contributed by atoms with van der Waals surface area (Å²) in [6, 6.07) is 12.6. The largest absolute Gasteiger partial charge is 0.399 e. The molecular formula is C25H21N5S. The number of H-pyrrole nitrogens is 2. The van der Waals surface area contributed by atoms with Crippen LogP contribution in [0.4, 0.5) is 0 Å². The van der Waals surface area contributed by atoms with Crippen molar-refractivity contribution in [2.75, 3.05) is 0 Å². The standard InChI is InChI=1S/C25H21N5S/c1-3-15(10-17(26)4-2)16-7-8-21-19(11-16)25(30-29-21)22-12-18-20(24-6-5-9-31-24)13-27-14-23(18)28-22/h3-14,28H,2,26H2,1H3,(H,29,30)/b15-3+,17-10+. The van der Waals surface area contributed by atoms with Gasteiger partial charge in [-0.1, -0.05) is 24.8 Å². The third-order valence-electron chi connectivity index (χ3n) is 5.35. The molecule has 31 heavy (non-hydrogen) atoms. The summed E-state index contributed by atoms with van der Waals surface area (Å²) in [7, 11) is 0. The molecule has 5 rings (SSSR count). The van der Waals surface area contributed by atoms with Gasteiger partial charge in [-0.15, -0.1) is 11.3 Å². The van der Waals surface area contributed by atoms with E-state index in [0.29, 0.717) is 5.70 Å². The molecule has 0 radical (unpaired) electrons. The lowest BCUT2D eigenvalue weighted by atomic mass is 10.0. The first-order valence-electron chi connectivity index (χ1n) is 9.93. The van der Waals surface area contributed by atoms with Crippen molar-refractivity contribution in [3.63, 3.8) is 0 Å². The number of aromatic amines is 2. The van der Waals surface area contributed by atoms with Gasteiger partial charge in [-0.2, -0.15) is 5.10 Å². The van der Waals surface area contributed by atoms with E-state index >= 15 is 0 Å². The molecule has 4 N–H and O–H groups in total. The van der Waals surface area contributed by atoms with E-state index in [4.69, 9.17) is 5.73 Å². The molecule has 5 nitrogen and oxygen atoms in total. The molecule has 6 heteroatoms. The monoisotopic (exact) mass is 423 g/mol. The van der Waals surface area contributed by atoms with Gasteiger partial charge in [0.05, 0.1) is 22.9 Å². The zero-order chi connectivity index (χ0) is 21.4. The molecule has 4 heterocycles. The number of nitrogens with zero attached hydrogens (tertiary/aromatic N) is 2. The number of rotatable bonds is 5. The normalized spacial score (nSPS) is 12.7. The van der Waals surface area contributed by atoms with Gasteiger partial charge in [-0.05, 0) is 59.9 Å². The van der Waals surface area contributed by atoms with Gasteiger partial charge in [0.25, 0.3) is 0 Å². The number of pyridine rings is 1. The Bertz CT molecular complexity index is 1460. The second kappa shape index (κ2) is 7.74. The van der Waals surface area contributed by atoms with Crippen LogP contribution in [0.2, 0.25) is 0 Å². The lowest BCUT2D eigenvalue weighted by molar-refractivity contribution is 1.12. The van der Waals surface area contributed by atoms with E-state index in [1.54, 1.807) is 17.4 Å². The number of nitrogens with one attached hydrogen (secondary N) is 2. The van der Waals surface area contributed by atoms with E-state index in [1.165, 1.54) is 4.88 Å². The van der Waals surface area contributed by atoms with Crippen molar-refractivity contribution in [1.82, 2.24) is 20.2 Å². The molecule has 0 aliphatic heterocycles. The fraction of sp³-hybridized carbons (Fsp3) is 0.0400. The van der Waals surface area contributed by atoms with Crippen LogP contribution >= 0.6 is 11.3 Å². The number of allylic oxidation sites excluding steroid dienone is 4. The van der Waals surface area contributed by atoms with Crippen molar-refractivity contribution in [3.05, 3.63) is 90.2 Å². The summed E-state index contributed by atoms with van der Waals surface area (Å²) in [5.41, 5.74) is 13.6. The van der Waals surface area contributed by atoms with Crippen molar-refractivity contribution in [2.24, 2.45) is 5.73 Å². The van der Waals surface area contributed by atoms with Crippen LogP contribution in [0.1, 0.15) is 12.5 Å². The maximum Gasteiger partial charge on any atom is 0.116 e. The molecule has 0 aliphatic rings. The molecule has 5 aromatic rings. The predicted molar refractivity (Wildman–Crippen MR) is 131 cm³/mol. The van der Waals surface area contributed by atoms with Gasteiger partial charge in [0, 0.05) is 33.1 Å². The van der Waals surface area contributed by atoms with Crippen molar-refractivity contribution >= 4 is 38.7 Å². The number of benzene rings is 1. The molecule has 0 unspecified atom stereocenters. The summed E-state index contributed by atoms with van der Waals surface area (Å²) < 4.78 is 0. The minimum absolute atomic E-state index is 0.629. The Labute approximate surface area is 183 Å². The third-order valence-corrected chi connectivity index (χ3v) is 6.26. The van der Waals surface area contributed by atoms with Crippen LogP contribution < -0.4 is 5.73 Å². The molecular weight excluding hydrogens is 402 g/mol. The Morgan fingerprint density at radius 2 is 2.03 bits per heavy atom. The minimum atomic E-state index is 0.629. The first-order chi connectivity index (χ1) is 15.2. The van der Waals surface area contributed by atoms with Crippen LogP contribution in [0.5, 0.6) is 0 Å². The van der Waals surface area contributed by atoms with E-state index in [9.17, 15) is 0 Å². The third kappa shape index (κ3) is 3.37. The van der Waals surface area contributed by atoms with E-state index in [2.05, 4.69) is 62.5 Å². The zero-order valence-electron chi connectivity index (χ0n) is 17.0. The van der Waals surface area contributed by atoms with Crippen LogP contribution in [0.3, 0.4) is 0 Å². The quantitative estimate of drug-likeness (QED) is 0.291. The van der Waals surface area contributed by atoms with Crippen LogP contribution in [-0.4, -0.2) is 20.2 Å². The Kier molecular flexibility index (Phi) is 4.76. The molecule has 0 saturated carbocycles. The average molecular weight is 424 g/mol. The summed E-state index contributed by atoms with van der Waals surface area (Å²) in [6.07, 6.45) is 9.39. The van der Waals surface area contributed by atoms with Gasteiger partial charge in [0.15, 0.2) is 0 Å². The lowest BCUT2D eigenvalue weighted by Crippen LogP contribution is -1.93. The smallest absolute Gasteiger partial charge is 0.116 e. The van der Waals surface area contributed by atoms with Crippen molar-refractivity contribution in [3.8, 4) is 21.8 Å². The fourth-order valence-electron chi connectivity index (χ4n) is 3.78. The number of aromatic nitrogens is 4. The number of thiophene rings is 1. The highest BCUT2D eigenvalue weighted by molar-refractivity contribution is 7.13. The highest BCUT2D eigenvalue weighted by Crippen LogP contribution is 2.35. The summed E-state index contributed by atoms with van der Waals surface area (Å²) in [6.45, 7) is 5.74. The molecule has 0 aliphatic carbocycles. The number of hydrogen-bond donors (Lipinski definition) is 3. The number of fused-ring (bicyclic) bond motifs is 2. The van der Waals surface area contributed by atoms with Gasteiger partial charge in [-0.25, -0.2) is 0 Å². The first-order valence-corrected chi connectivity index (χ1v) is 10.8. The summed E-state index contributed by atoms with van der Waals surface area (Å²) in [5, 5.41) is 12.0. The van der Waals surface area contributed by atoms with Gasteiger partial charge in [0.2, 0.25) is 0 Å². The summed E-state index contributed by atoms with van der Waals surface area (Å²) in [5.74, 6) is 0. The molecule has 0 bridgehead atoms. The topological polar surface area (TPSA) is 83.4 Å². The molecule has 0 fully saturated rings. The van der Waals surface area contributed by atoms with Gasteiger partial charge < -0.3 is 10.7 Å². The second-order valence-corrected chi connectivity index (χ2v) is 8.18. The Morgan fingerprint density at radius 3 is 2.81 bits per heavy atom. The predicted octanol–water partition coefficient (Wildman–Crippen LogP) is 6.27. The Morgan fingerprint density at radius 1 is 1.13 bits per heavy atom. The molecule has 1 aromatic carbocycles. The van der Waals surface area contributed by atoms with Gasteiger partial charge >= 0.3 is 0 Å². The SMILES string of the molecule is C=C/C(N)=C\C(=C/C)c1ccc2[nH]nc(-c3cc4c(-c5cccs5)cncc4[nH]3)c2c1. The van der Waals surface area contributed by atoms with Gasteiger partial charge in [-0.3, -0.25) is 10.1 Å². The van der Waals surface area contributed by atoms with Crippen LogP contribution in [0, 0.1) is 0 Å². The highest BCUT2D eigenvalue weighted by Gasteiger charge is 2.15. The average Bonchev–Trinajstić information content (AvgIpc) is 3.55. The van der Waals surface area contributed by atoms with E-state index in [0.717, 1.165) is 49.9 Å². The number of hydrogen-bond acceptors (Lipinski definition) is 4. The van der Waals surface area contributed by atoms with Crippen LogP contribution in [0.25, 0.3) is 49.2 Å². The molecule has 0 saturated heterocycles. The van der Waals surface area contributed by atoms with Gasteiger partial charge in [0.1, 0.15) is 5.69 Å². The second-order valence-electron chi connectivity index (χ2n) is 7.23. The zero-order valence-corrected chi connectivity index (χ0v) is 17.8. The van der Waals surface area contributed by atoms with Crippen LogP contribution in [0.15, 0.2) is 84.7 Å². The maximum absolute atomic E-state index is 5.97. The molecule has 0 atom stereocenters. The molecule has 0 amide bonds. The Balaban J connectivity index is 1.65. The Hall–Kier alpha value is -3.90. The van der Waals surface area contributed by atoms with E-state index in [1.807, 2.05) is 37.5 Å². The highest BCUT2D eigenvalue weighted by atomic mass is 32.1. The molecule has 152 valence electrons.